The molecule has 8 heteroatoms. The Balaban J connectivity index is 1.58. The molecule has 3 aromatic rings. The number of aromatic nitrogens is 3. The highest BCUT2D eigenvalue weighted by molar-refractivity contribution is 6.30. The van der Waals surface area contributed by atoms with Crippen LogP contribution >= 0.6 is 23.2 Å². The summed E-state index contributed by atoms with van der Waals surface area (Å²) in [6, 6.07) is 14.6. The minimum absolute atomic E-state index is 0.200. The van der Waals surface area contributed by atoms with E-state index in [1.165, 1.54) is 0 Å². The SMILES string of the molecule is O=C(NCCc1ccc(Cl)cc1)c1n[nH]nc1Nc1ccc(Cl)cc1. The first-order valence-electron chi connectivity index (χ1n) is 7.58. The summed E-state index contributed by atoms with van der Waals surface area (Å²) in [5, 5.41) is 17.5. The van der Waals surface area contributed by atoms with Gasteiger partial charge >= 0.3 is 0 Å². The average molecular weight is 376 g/mol. The smallest absolute Gasteiger partial charge is 0.275 e. The molecule has 0 aliphatic rings. The van der Waals surface area contributed by atoms with E-state index >= 15 is 0 Å². The second kappa shape index (κ2) is 8.00. The largest absolute Gasteiger partial charge is 0.350 e. The van der Waals surface area contributed by atoms with Gasteiger partial charge in [-0.3, -0.25) is 4.79 Å². The number of aromatic amines is 1. The van der Waals surface area contributed by atoms with Crippen LogP contribution in [-0.2, 0) is 6.42 Å². The third kappa shape index (κ3) is 4.71. The number of amides is 1. The Bertz CT molecular complexity index is 846. The number of hydrogen-bond acceptors (Lipinski definition) is 4. The molecule has 0 bridgehead atoms. The Morgan fingerprint density at radius 2 is 1.60 bits per heavy atom. The second-order valence-corrected chi connectivity index (χ2v) is 6.16. The van der Waals surface area contributed by atoms with Crippen molar-refractivity contribution in [1.29, 1.82) is 0 Å². The number of H-pyrrole nitrogens is 1. The number of carbonyl (C=O) groups excluding carboxylic acids is 1. The van der Waals surface area contributed by atoms with Crippen molar-refractivity contribution >= 4 is 40.6 Å². The van der Waals surface area contributed by atoms with E-state index in [1.54, 1.807) is 24.3 Å². The van der Waals surface area contributed by atoms with Crippen molar-refractivity contribution in [3.8, 4) is 0 Å². The molecule has 1 aromatic heterocycles. The topological polar surface area (TPSA) is 82.7 Å². The number of benzene rings is 2. The van der Waals surface area contributed by atoms with E-state index in [9.17, 15) is 4.79 Å². The van der Waals surface area contributed by atoms with Gasteiger partial charge in [-0.05, 0) is 48.4 Å². The van der Waals surface area contributed by atoms with Crippen LogP contribution in [0.15, 0.2) is 48.5 Å². The summed E-state index contributed by atoms with van der Waals surface area (Å²) >= 11 is 11.7. The predicted octanol–water partition coefficient (Wildman–Crippen LogP) is 3.83. The minimum atomic E-state index is -0.306. The van der Waals surface area contributed by atoms with Gasteiger partial charge in [0.05, 0.1) is 0 Å². The van der Waals surface area contributed by atoms with Gasteiger partial charge in [-0.15, -0.1) is 10.2 Å². The van der Waals surface area contributed by atoms with Gasteiger partial charge in [0.2, 0.25) is 0 Å². The van der Waals surface area contributed by atoms with Crippen molar-refractivity contribution in [1.82, 2.24) is 20.7 Å². The number of halogens is 2. The molecule has 3 N–H and O–H groups in total. The van der Waals surface area contributed by atoms with E-state index in [1.807, 2.05) is 24.3 Å². The zero-order valence-electron chi connectivity index (χ0n) is 13.1. The molecule has 3 rings (SSSR count). The fraction of sp³-hybridized carbons (Fsp3) is 0.118. The van der Waals surface area contributed by atoms with E-state index < -0.39 is 0 Å². The van der Waals surface area contributed by atoms with E-state index in [0.717, 1.165) is 11.3 Å². The van der Waals surface area contributed by atoms with Crippen molar-refractivity contribution < 1.29 is 4.79 Å². The molecule has 0 fully saturated rings. The lowest BCUT2D eigenvalue weighted by Crippen LogP contribution is -2.26. The normalized spacial score (nSPS) is 10.5. The van der Waals surface area contributed by atoms with Gasteiger partial charge < -0.3 is 10.6 Å². The minimum Gasteiger partial charge on any atom is -0.350 e. The molecule has 2 aromatic carbocycles. The lowest BCUT2D eigenvalue weighted by molar-refractivity contribution is 0.0950. The number of anilines is 2. The summed E-state index contributed by atoms with van der Waals surface area (Å²) in [6.45, 7) is 0.480. The molecule has 0 saturated heterocycles. The Hall–Kier alpha value is -2.57. The van der Waals surface area contributed by atoms with Crippen LogP contribution in [0.1, 0.15) is 16.1 Å². The first-order valence-corrected chi connectivity index (χ1v) is 8.33. The molecule has 128 valence electrons. The summed E-state index contributed by atoms with van der Waals surface area (Å²) in [7, 11) is 0. The maximum atomic E-state index is 12.3. The molecule has 0 radical (unpaired) electrons. The molecule has 0 unspecified atom stereocenters. The van der Waals surface area contributed by atoms with Gasteiger partial charge in [0.15, 0.2) is 11.5 Å². The van der Waals surface area contributed by atoms with Crippen molar-refractivity contribution in [2.45, 2.75) is 6.42 Å². The van der Waals surface area contributed by atoms with Crippen LogP contribution in [0.2, 0.25) is 10.0 Å². The zero-order chi connectivity index (χ0) is 17.6. The highest BCUT2D eigenvalue weighted by Gasteiger charge is 2.16. The molecule has 1 heterocycles. The second-order valence-electron chi connectivity index (χ2n) is 5.29. The highest BCUT2D eigenvalue weighted by atomic mass is 35.5. The summed E-state index contributed by atoms with van der Waals surface area (Å²) in [5.41, 5.74) is 2.05. The van der Waals surface area contributed by atoms with Gasteiger partial charge in [-0.2, -0.15) is 5.21 Å². The number of carbonyl (C=O) groups is 1. The van der Waals surface area contributed by atoms with Crippen molar-refractivity contribution in [2.75, 3.05) is 11.9 Å². The highest BCUT2D eigenvalue weighted by Crippen LogP contribution is 2.19. The third-order valence-corrected chi connectivity index (χ3v) is 3.99. The molecule has 0 aliphatic carbocycles. The average Bonchev–Trinajstić information content (AvgIpc) is 3.07. The van der Waals surface area contributed by atoms with Crippen LogP contribution < -0.4 is 10.6 Å². The predicted molar refractivity (Wildman–Crippen MR) is 98.6 cm³/mol. The number of nitrogens with one attached hydrogen (secondary N) is 3. The quantitative estimate of drug-likeness (QED) is 0.611. The fourth-order valence-electron chi connectivity index (χ4n) is 2.20. The Morgan fingerprint density at radius 1 is 0.960 bits per heavy atom. The molecule has 0 spiro atoms. The van der Waals surface area contributed by atoms with Gasteiger partial charge in [-0.25, -0.2) is 0 Å². The maximum absolute atomic E-state index is 12.3. The molecular weight excluding hydrogens is 361 g/mol. The summed E-state index contributed by atoms with van der Waals surface area (Å²) < 4.78 is 0. The van der Waals surface area contributed by atoms with E-state index in [2.05, 4.69) is 26.0 Å². The van der Waals surface area contributed by atoms with Gasteiger partial charge in [0.25, 0.3) is 5.91 Å². The maximum Gasteiger partial charge on any atom is 0.275 e. The van der Waals surface area contributed by atoms with Crippen LogP contribution in [0.25, 0.3) is 0 Å². The zero-order valence-corrected chi connectivity index (χ0v) is 14.6. The van der Waals surface area contributed by atoms with Crippen LogP contribution in [-0.4, -0.2) is 27.9 Å². The molecule has 25 heavy (non-hydrogen) atoms. The van der Waals surface area contributed by atoms with Crippen molar-refractivity contribution in [2.24, 2.45) is 0 Å². The Morgan fingerprint density at radius 3 is 2.28 bits per heavy atom. The number of nitrogens with zero attached hydrogens (tertiary/aromatic N) is 2. The summed E-state index contributed by atoms with van der Waals surface area (Å²) in [5.74, 6) is 0.0468. The molecule has 0 saturated carbocycles. The van der Waals surface area contributed by atoms with E-state index in [0.29, 0.717) is 28.8 Å². The molecule has 0 atom stereocenters. The lowest BCUT2D eigenvalue weighted by Gasteiger charge is -2.06. The van der Waals surface area contributed by atoms with E-state index in [-0.39, 0.29) is 11.6 Å². The monoisotopic (exact) mass is 375 g/mol. The Labute approximate surface area is 154 Å². The van der Waals surface area contributed by atoms with Crippen LogP contribution in [0.5, 0.6) is 0 Å². The summed E-state index contributed by atoms with van der Waals surface area (Å²) in [6.07, 6.45) is 0.695. The van der Waals surface area contributed by atoms with Crippen LogP contribution in [0, 0.1) is 0 Å². The molecular formula is C17H15Cl2N5O. The van der Waals surface area contributed by atoms with Gasteiger partial charge in [0, 0.05) is 22.3 Å². The standard InChI is InChI=1S/C17H15Cl2N5O/c18-12-3-1-11(2-4-12)9-10-20-17(25)15-16(23-24-22-15)21-14-7-5-13(19)6-8-14/h1-8H,9-10H2,(H,20,25)(H2,21,22,23,24). The lowest BCUT2D eigenvalue weighted by atomic mass is 10.1. The molecule has 1 amide bonds. The summed E-state index contributed by atoms with van der Waals surface area (Å²) in [4.78, 5) is 12.3. The number of hydrogen-bond donors (Lipinski definition) is 3. The fourth-order valence-corrected chi connectivity index (χ4v) is 2.45. The first-order chi connectivity index (χ1) is 12.1. The number of rotatable bonds is 6. The molecule has 0 aliphatic heterocycles. The first kappa shape index (κ1) is 17.3. The molecule has 6 nitrogen and oxygen atoms in total. The van der Waals surface area contributed by atoms with Gasteiger partial charge in [0.1, 0.15) is 0 Å². The third-order valence-electron chi connectivity index (χ3n) is 3.48. The van der Waals surface area contributed by atoms with Crippen molar-refractivity contribution in [3.63, 3.8) is 0 Å². The van der Waals surface area contributed by atoms with Crippen LogP contribution in [0.4, 0.5) is 11.5 Å². The van der Waals surface area contributed by atoms with Crippen LogP contribution in [0.3, 0.4) is 0 Å². The Kier molecular flexibility index (Phi) is 5.53. The van der Waals surface area contributed by atoms with Gasteiger partial charge in [-0.1, -0.05) is 35.3 Å². The van der Waals surface area contributed by atoms with E-state index in [4.69, 9.17) is 23.2 Å². The van der Waals surface area contributed by atoms with Crippen molar-refractivity contribution in [3.05, 3.63) is 69.8 Å².